The lowest BCUT2D eigenvalue weighted by molar-refractivity contribution is -0.150. The van der Waals surface area contributed by atoms with Crippen LogP contribution in [0.5, 0.6) is 0 Å². The molecule has 6 rings (SSSR count). The Morgan fingerprint density at radius 3 is 2.34 bits per heavy atom. The fraction of sp³-hybridized carbons (Fsp3) is 0.400. The molecular formula is C40H45N3O7. The molecule has 0 aromatic heterocycles. The Morgan fingerprint density at radius 1 is 0.920 bits per heavy atom. The van der Waals surface area contributed by atoms with Crippen LogP contribution in [-0.4, -0.2) is 83.8 Å². The number of ether oxygens (including phenoxy) is 2. The molecule has 262 valence electrons. The van der Waals surface area contributed by atoms with Crippen LogP contribution in [0.2, 0.25) is 0 Å². The summed E-state index contributed by atoms with van der Waals surface area (Å²) in [6.07, 6.45) is 5.57. The van der Waals surface area contributed by atoms with Gasteiger partial charge in [0.1, 0.15) is 19.3 Å². The van der Waals surface area contributed by atoms with Gasteiger partial charge in [0, 0.05) is 32.0 Å². The number of aliphatic hydroxyl groups is 1. The lowest BCUT2D eigenvalue weighted by Crippen LogP contribution is -2.46. The van der Waals surface area contributed by atoms with Crippen molar-refractivity contribution in [3.8, 4) is 11.1 Å². The monoisotopic (exact) mass is 679 g/mol. The maximum Gasteiger partial charge on any atom is 0.407 e. The van der Waals surface area contributed by atoms with E-state index in [2.05, 4.69) is 17.4 Å². The molecule has 10 nitrogen and oxygen atoms in total. The van der Waals surface area contributed by atoms with Gasteiger partial charge in [-0.2, -0.15) is 0 Å². The fourth-order valence-electron chi connectivity index (χ4n) is 7.31. The van der Waals surface area contributed by atoms with Crippen LogP contribution in [0.25, 0.3) is 11.1 Å². The van der Waals surface area contributed by atoms with Crippen LogP contribution in [0.3, 0.4) is 0 Å². The van der Waals surface area contributed by atoms with Gasteiger partial charge in [0.05, 0.1) is 18.6 Å². The van der Waals surface area contributed by atoms with Crippen LogP contribution in [0.1, 0.15) is 61.1 Å². The van der Waals surface area contributed by atoms with Gasteiger partial charge in [-0.3, -0.25) is 9.59 Å². The van der Waals surface area contributed by atoms with Crippen LogP contribution in [0.4, 0.5) is 4.79 Å². The first-order valence-corrected chi connectivity index (χ1v) is 17.6. The third-order valence-corrected chi connectivity index (χ3v) is 9.92. The van der Waals surface area contributed by atoms with Crippen molar-refractivity contribution >= 4 is 23.9 Å². The molecule has 3 aromatic rings. The Morgan fingerprint density at radius 2 is 1.62 bits per heavy atom. The van der Waals surface area contributed by atoms with E-state index in [-0.39, 0.29) is 63.0 Å². The predicted octanol–water partition coefficient (Wildman–Crippen LogP) is 5.20. The molecule has 0 bridgehead atoms. The highest BCUT2D eigenvalue weighted by Crippen LogP contribution is 2.44. The smallest absolute Gasteiger partial charge is 0.407 e. The number of aliphatic hydroxyl groups excluding tert-OH is 1. The average molecular weight is 680 g/mol. The van der Waals surface area contributed by atoms with E-state index >= 15 is 0 Å². The second-order valence-electron chi connectivity index (χ2n) is 13.2. The molecule has 0 spiro atoms. The SMILES string of the molecule is O=C(N[C@H]1CCC=CC[C@H](CC(=O)N(CCO)Cc2ccccc2)C(=O)N2CCC[C@H]2COC1=O)OCC1c2ccccc2-c2ccccc21. The van der Waals surface area contributed by atoms with E-state index in [1.165, 1.54) is 0 Å². The number of esters is 1. The normalized spacial score (nSPS) is 20.7. The van der Waals surface area contributed by atoms with Gasteiger partial charge in [0.25, 0.3) is 0 Å². The Balaban J connectivity index is 1.10. The number of carbonyl (C=O) groups is 4. The van der Waals surface area contributed by atoms with Gasteiger partial charge in [-0.15, -0.1) is 0 Å². The first-order valence-electron chi connectivity index (χ1n) is 17.6. The van der Waals surface area contributed by atoms with Crippen LogP contribution in [-0.2, 0) is 30.4 Å². The molecule has 50 heavy (non-hydrogen) atoms. The third-order valence-electron chi connectivity index (χ3n) is 9.92. The zero-order valence-electron chi connectivity index (χ0n) is 28.2. The quantitative estimate of drug-likeness (QED) is 0.236. The molecule has 1 aliphatic carbocycles. The number of amides is 3. The summed E-state index contributed by atoms with van der Waals surface area (Å²) in [6.45, 7) is 0.985. The predicted molar refractivity (Wildman–Crippen MR) is 188 cm³/mol. The van der Waals surface area contributed by atoms with E-state index in [1.54, 1.807) is 9.80 Å². The Hall–Kier alpha value is -4.96. The first-order chi connectivity index (χ1) is 24.4. The highest BCUT2D eigenvalue weighted by Gasteiger charge is 2.36. The van der Waals surface area contributed by atoms with E-state index in [9.17, 15) is 24.3 Å². The van der Waals surface area contributed by atoms with Crippen LogP contribution in [0, 0.1) is 5.92 Å². The second-order valence-corrected chi connectivity index (χ2v) is 13.2. The highest BCUT2D eigenvalue weighted by atomic mass is 16.6. The maximum absolute atomic E-state index is 13.9. The third kappa shape index (κ3) is 8.25. The Labute approximate surface area is 293 Å². The number of nitrogens with one attached hydrogen (secondary N) is 1. The minimum Gasteiger partial charge on any atom is -0.462 e. The number of hydrogen-bond donors (Lipinski definition) is 2. The van der Waals surface area contributed by atoms with Crippen molar-refractivity contribution < 1.29 is 33.8 Å². The van der Waals surface area contributed by atoms with Gasteiger partial charge < -0.3 is 29.7 Å². The molecule has 3 aliphatic rings. The lowest BCUT2D eigenvalue weighted by Gasteiger charge is -2.30. The molecule has 3 atom stereocenters. The van der Waals surface area contributed by atoms with Gasteiger partial charge in [0.2, 0.25) is 11.8 Å². The molecule has 2 heterocycles. The minimum atomic E-state index is -0.927. The average Bonchev–Trinajstić information content (AvgIpc) is 3.74. The number of alkyl carbamates (subject to hydrolysis) is 1. The standard InChI is InChI=1S/C40H45N3O7/c44-23-22-42(25-28-12-3-1-4-13-28)37(45)24-29-14-5-2-6-20-36(39(47)49-26-30-15-11-21-43(30)38(29)46)41-40(48)50-27-35-33-18-9-7-16-31(33)32-17-8-10-19-34(32)35/h1-5,7-10,12-13,16-19,29-30,35-36,44H,6,11,14-15,20-27H2,(H,41,48)/t29-,30+,36+/m1/s1. The Bertz CT molecular complexity index is 1650. The first kappa shape index (κ1) is 34.9. The van der Waals surface area contributed by atoms with Crippen LogP contribution in [0.15, 0.2) is 91.0 Å². The van der Waals surface area contributed by atoms with Crippen molar-refractivity contribution in [2.45, 2.75) is 63.1 Å². The molecule has 10 heteroatoms. The van der Waals surface area contributed by atoms with E-state index in [1.807, 2.05) is 78.9 Å². The van der Waals surface area contributed by atoms with Gasteiger partial charge in [-0.1, -0.05) is 91.0 Å². The largest absolute Gasteiger partial charge is 0.462 e. The van der Waals surface area contributed by atoms with Crippen molar-refractivity contribution in [1.82, 2.24) is 15.1 Å². The Kier molecular flexibility index (Phi) is 11.6. The highest BCUT2D eigenvalue weighted by molar-refractivity contribution is 5.87. The number of carbonyl (C=O) groups excluding carboxylic acids is 4. The van der Waals surface area contributed by atoms with Crippen LogP contribution >= 0.6 is 0 Å². The van der Waals surface area contributed by atoms with Crippen molar-refractivity contribution in [1.29, 1.82) is 0 Å². The topological polar surface area (TPSA) is 125 Å². The zero-order valence-corrected chi connectivity index (χ0v) is 28.2. The number of rotatable bonds is 9. The summed E-state index contributed by atoms with van der Waals surface area (Å²) < 4.78 is 11.4. The number of hydrogen-bond acceptors (Lipinski definition) is 7. The van der Waals surface area contributed by atoms with Gasteiger partial charge >= 0.3 is 12.1 Å². The summed E-state index contributed by atoms with van der Waals surface area (Å²) in [6, 6.07) is 24.5. The summed E-state index contributed by atoms with van der Waals surface area (Å²) in [4.78, 5) is 57.1. The van der Waals surface area contributed by atoms with Crippen molar-refractivity contribution in [3.05, 3.63) is 108 Å². The zero-order chi connectivity index (χ0) is 34.9. The minimum absolute atomic E-state index is 0.00494. The molecule has 0 unspecified atom stereocenters. The number of nitrogens with zero attached hydrogens (tertiary/aromatic N) is 2. The maximum atomic E-state index is 13.9. The van der Waals surface area contributed by atoms with Crippen molar-refractivity contribution in [3.63, 3.8) is 0 Å². The molecule has 2 N–H and O–H groups in total. The number of fused-ring (bicyclic) bond motifs is 4. The van der Waals surface area contributed by atoms with E-state index in [4.69, 9.17) is 9.47 Å². The van der Waals surface area contributed by atoms with Crippen molar-refractivity contribution in [2.75, 3.05) is 32.9 Å². The van der Waals surface area contributed by atoms with Gasteiger partial charge in [-0.25, -0.2) is 9.59 Å². The number of allylic oxidation sites excluding steroid dienone is 2. The number of cyclic esters (lactones) is 1. The summed E-state index contributed by atoms with van der Waals surface area (Å²) in [5, 5.41) is 12.4. The summed E-state index contributed by atoms with van der Waals surface area (Å²) >= 11 is 0. The summed E-state index contributed by atoms with van der Waals surface area (Å²) in [5.74, 6) is -1.62. The second kappa shape index (κ2) is 16.6. The molecule has 3 amide bonds. The van der Waals surface area contributed by atoms with E-state index < -0.39 is 24.0 Å². The number of benzene rings is 3. The van der Waals surface area contributed by atoms with E-state index in [0.717, 1.165) is 34.2 Å². The molecule has 0 saturated carbocycles. The molecule has 3 aromatic carbocycles. The molecular weight excluding hydrogens is 634 g/mol. The summed E-state index contributed by atoms with van der Waals surface area (Å²) in [7, 11) is 0. The summed E-state index contributed by atoms with van der Waals surface area (Å²) in [5.41, 5.74) is 5.40. The molecule has 0 radical (unpaired) electrons. The lowest BCUT2D eigenvalue weighted by atomic mass is 9.97. The van der Waals surface area contributed by atoms with E-state index in [0.29, 0.717) is 32.4 Å². The van der Waals surface area contributed by atoms with Crippen molar-refractivity contribution in [2.24, 2.45) is 5.92 Å². The van der Waals surface area contributed by atoms with Gasteiger partial charge in [-0.05, 0) is 59.9 Å². The molecule has 1 fully saturated rings. The van der Waals surface area contributed by atoms with Gasteiger partial charge in [0.15, 0.2) is 0 Å². The van der Waals surface area contributed by atoms with Crippen LogP contribution < -0.4 is 5.32 Å². The molecule has 1 saturated heterocycles. The fourth-order valence-corrected chi connectivity index (χ4v) is 7.31. The molecule has 2 aliphatic heterocycles.